The van der Waals surface area contributed by atoms with E-state index in [1.807, 2.05) is 60.7 Å². The fourth-order valence-electron chi connectivity index (χ4n) is 5.41. The monoisotopic (exact) mass is 608 g/mol. The van der Waals surface area contributed by atoms with Crippen LogP contribution in [0, 0.1) is 5.92 Å². The molecule has 0 bridgehead atoms. The lowest BCUT2D eigenvalue weighted by Crippen LogP contribution is -2.64. The zero-order valence-electron chi connectivity index (χ0n) is 26.1. The van der Waals surface area contributed by atoms with E-state index in [4.69, 9.17) is 14.2 Å². The van der Waals surface area contributed by atoms with Gasteiger partial charge in [0.15, 0.2) is 0 Å². The number of hydrogen-bond donors (Lipinski definition) is 3. The van der Waals surface area contributed by atoms with E-state index < -0.39 is 41.4 Å². The van der Waals surface area contributed by atoms with Crippen LogP contribution in [0.2, 0.25) is 0 Å². The van der Waals surface area contributed by atoms with Crippen molar-refractivity contribution in [1.82, 2.24) is 20.9 Å². The van der Waals surface area contributed by atoms with Crippen molar-refractivity contribution in [1.29, 1.82) is 0 Å². The number of benzene rings is 2. The minimum absolute atomic E-state index is 0.0761. The number of fused-ring (bicyclic) bond motifs is 1. The maximum Gasteiger partial charge on any atom is 0.408 e. The number of carbonyl (C=O) groups is 4. The van der Waals surface area contributed by atoms with Crippen molar-refractivity contribution < 1.29 is 33.4 Å². The molecular weight excluding hydrogens is 564 g/mol. The predicted octanol–water partition coefficient (Wildman–Crippen LogP) is 3.56. The summed E-state index contributed by atoms with van der Waals surface area (Å²) in [4.78, 5) is 53.9. The molecule has 2 fully saturated rings. The highest BCUT2D eigenvalue weighted by Crippen LogP contribution is 2.29. The summed E-state index contributed by atoms with van der Waals surface area (Å²) in [7, 11) is 0. The molecule has 44 heavy (non-hydrogen) atoms. The fraction of sp³-hybridized carbons (Fsp3) is 0.515. The number of rotatable bonds is 10. The van der Waals surface area contributed by atoms with Crippen LogP contribution in [0.4, 0.5) is 9.59 Å². The van der Waals surface area contributed by atoms with Crippen LogP contribution in [0.25, 0.3) is 0 Å². The number of nitrogens with zero attached hydrogens (tertiary/aromatic N) is 1. The quantitative estimate of drug-likeness (QED) is 0.375. The molecule has 2 aliphatic rings. The molecule has 0 radical (unpaired) electrons. The normalized spacial score (nSPS) is 20.8. The van der Waals surface area contributed by atoms with E-state index in [0.717, 1.165) is 11.1 Å². The number of ether oxygens (including phenoxy) is 3. The van der Waals surface area contributed by atoms with Gasteiger partial charge in [-0.15, -0.1) is 0 Å². The number of alkyl carbamates (subject to hydrolysis) is 2. The maximum atomic E-state index is 14.0. The van der Waals surface area contributed by atoms with Crippen LogP contribution in [-0.4, -0.2) is 77.9 Å². The molecule has 2 saturated heterocycles. The molecule has 2 aliphatic heterocycles. The van der Waals surface area contributed by atoms with E-state index in [1.165, 1.54) is 0 Å². The van der Waals surface area contributed by atoms with Crippen molar-refractivity contribution in [2.45, 2.75) is 83.4 Å². The predicted molar refractivity (Wildman–Crippen MR) is 164 cm³/mol. The average molecular weight is 609 g/mol. The van der Waals surface area contributed by atoms with Gasteiger partial charge in [0.2, 0.25) is 11.8 Å². The summed E-state index contributed by atoms with van der Waals surface area (Å²) >= 11 is 0. The third kappa shape index (κ3) is 9.19. The van der Waals surface area contributed by atoms with Crippen molar-refractivity contribution in [3.63, 3.8) is 0 Å². The second-order valence-corrected chi connectivity index (χ2v) is 12.9. The Labute approximate surface area is 259 Å². The third-order valence-corrected chi connectivity index (χ3v) is 7.67. The number of amides is 4. The molecular formula is C33H44N4O7. The first kappa shape index (κ1) is 32.8. The molecule has 0 spiro atoms. The van der Waals surface area contributed by atoms with Crippen LogP contribution in [0.5, 0.6) is 0 Å². The molecule has 11 heteroatoms. The summed E-state index contributed by atoms with van der Waals surface area (Å²) in [5, 5.41) is 8.32. The Hall–Kier alpha value is -4.12. The van der Waals surface area contributed by atoms with Crippen LogP contribution in [0.1, 0.15) is 52.2 Å². The smallest absolute Gasteiger partial charge is 0.408 e. The number of hydrogen-bond acceptors (Lipinski definition) is 7. The summed E-state index contributed by atoms with van der Waals surface area (Å²) in [6.45, 7) is 9.19. The summed E-state index contributed by atoms with van der Waals surface area (Å²) in [5.41, 5.74) is -0.159. The van der Waals surface area contributed by atoms with E-state index in [0.29, 0.717) is 25.9 Å². The van der Waals surface area contributed by atoms with Crippen molar-refractivity contribution >= 4 is 24.0 Å². The molecule has 0 aromatic heterocycles. The topological polar surface area (TPSA) is 135 Å². The van der Waals surface area contributed by atoms with E-state index >= 15 is 0 Å². The molecule has 4 atom stereocenters. The van der Waals surface area contributed by atoms with Crippen molar-refractivity contribution in [3.05, 3.63) is 71.8 Å². The molecule has 3 unspecified atom stereocenters. The highest BCUT2D eigenvalue weighted by Gasteiger charge is 2.44. The van der Waals surface area contributed by atoms with E-state index in [1.54, 1.807) is 39.5 Å². The summed E-state index contributed by atoms with van der Waals surface area (Å²) < 4.78 is 17.0. The number of likely N-dealkylation sites (tertiary alicyclic amines) is 1. The SMILES string of the molecule is CC(C)(C)OC(=O)NC(C)(C)C(=O)NC(COCc1ccccc1)C(=O)N1CCC2NC(=O)O[C@@H](Cc3ccccc3)C2C1. The van der Waals surface area contributed by atoms with Gasteiger partial charge in [-0.1, -0.05) is 60.7 Å². The molecule has 3 N–H and O–H groups in total. The molecule has 238 valence electrons. The molecule has 2 heterocycles. The van der Waals surface area contributed by atoms with Crippen LogP contribution >= 0.6 is 0 Å². The van der Waals surface area contributed by atoms with Gasteiger partial charge in [0, 0.05) is 31.5 Å². The summed E-state index contributed by atoms with van der Waals surface area (Å²) in [5.74, 6) is -1.01. The van der Waals surface area contributed by atoms with Gasteiger partial charge in [-0.3, -0.25) is 9.59 Å². The number of carbonyl (C=O) groups excluding carboxylic acids is 4. The second-order valence-electron chi connectivity index (χ2n) is 12.9. The van der Waals surface area contributed by atoms with Crippen LogP contribution in [0.3, 0.4) is 0 Å². The minimum atomic E-state index is -1.38. The first-order valence-electron chi connectivity index (χ1n) is 15.0. The van der Waals surface area contributed by atoms with E-state index in [9.17, 15) is 19.2 Å². The van der Waals surface area contributed by atoms with Gasteiger partial charge in [-0.25, -0.2) is 9.59 Å². The van der Waals surface area contributed by atoms with Gasteiger partial charge >= 0.3 is 12.2 Å². The standard InChI is InChI=1S/C33H44N4O7/c1-32(2,3)44-31(41)36-33(4,5)29(39)34-26(21-42-20-23-14-10-7-11-15-23)28(38)37-17-16-25-24(19-37)27(43-30(40)35-25)18-22-12-8-6-9-13-22/h6-15,24-27H,16-21H2,1-5H3,(H,34,39)(H,35,40)(H,36,41)/t24?,25?,26?,27-/m0/s1. The van der Waals surface area contributed by atoms with Gasteiger partial charge < -0.3 is 35.1 Å². The first-order valence-corrected chi connectivity index (χ1v) is 15.0. The summed E-state index contributed by atoms with van der Waals surface area (Å²) in [6.07, 6.45) is -0.528. The van der Waals surface area contributed by atoms with Gasteiger partial charge in [-0.05, 0) is 52.2 Å². The van der Waals surface area contributed by atoms with Crippen molar-refractivity contribution in [2.75, 3.05) is 19.7 Å². The van der Waals surface area contributed by atoms with Gasteiger partial charge in [0.1, 0.15) is 23.3 Å². The van der Waals surface area contributed by atoms with Gasteiger partial charge in [0.05, 0.1) is 13.2 Å². The van der Waals surface area contributed by atoms with E-state index in [2.05, 4.69) is 16.0 Å². The summed E-state index contributed by atoms with van der Waals surface area (Å²) in [6, 6.07) is 18.2. The Bertz CT molecular complexity index is 1300. The maximum absolute atomic E-state index is 14.0. The molecule has 0 aliphatic carbocycles. The Morgan fingerprint density at radius 3 is 2.27 bits per heavy atom. The van der Waals surface area contributed by atoms with Gasteiger partial charge in [0.25, 0.3) is 0 Å². The van der Waals surface area contributed by atoms with Crippen LogP contribution < -0.4 is 16.0 Å². The zero-order valence-corrected chi connectivity index (χ0v) is 26.1. The lowest BCUT2D eigenvalue weighted by molar-refractivity contribution is -0.142. The Morgan fingerprint density at radius 1 is 1.00 bits per heavy atom. The zero-order chi connectivity index (χ0) is 31.9. The lowest BCUT2D eigenvalue weighted by Gasteiger charge is -2.45. The van der Waals surface area contributed by atoms with Gasteiger partial charge in [-0.2, -0.15) is 0 Å². The lowest BCUT2D eigenvalue weighted by atomic mass is 9.83. The largest absolute Gasteiger partial charge is 0.445 e. The molecule has 2 aromatic rings. The molecule has 4 amide bonds. The Balaban J connectivity index is 1.47. The molecule has 0 saturated carbocycles. The molecule has 4 rings (SSSR count). The van der Waals surface area contributed by atoms with Crippen molar-refractivity contribution in [2.24, 2.45) is 5.92 Å². The number of cyclic esters (lactones) is 1. The first-order chi connectivity index (χ1) is 20.8. The van der Waals surface area contributed by atoms with Crippen LogP contribution in [0.15, 0.2) is 60.7 Å². The highest BCUT2D eigenvalue weighted by molar-refractivity contribution is 5.93. The fourth-order valence-corrected chi connectivity index (χ4v) is 5.41. The van der Waals surface area contributed by atoms with Crippen molar-refractivity contribution in [3.8, 4) is 0 Å². The van der Waals surface area contributed by atoms with Crippen LogP contribution in [-0.2, 0) is 36.8 Å². The molecule has 2 aromatic carbocycles. The third-order valence-electron chi connectivity index (χ3n) is 7.67. The highest BCUT2D eigenvalue weighted by atomic mass is 16.6. The number of piperidine rings is 1. The van der Waals surface area contributed by atoms with E-state index in [-0.39, 0.29) is 31.1 Å². The Kier molecular flexibility index (Phi) is 10.5. The Morgan fingerprint density at radius 2 is 1.64 bits per heavy atom. The number of nitrogens with one attached hydrogen (secondary N) is 3. The average Bonchev–Trinajstić information content (AvgIpc) is 2.95. The minimum Gasteiger partial charge on any atom is -0.445 e. The molecule has 11 nitrogen and oxygen atoms in total. The second kappa shape index (κ2) is 14.1.